The van der Waals surface area contributed by atoms with Crippen LogP contribution >= 0.6 is 11.3 Å². The van der Waals surface area contributed by atoms with Gasteiger partial charge >= 0.3 is 5.97 Å². The zero-order valence-corrected chi connectivity index (χ0v) is 23.8. The number of aromatic hydroxyl groups is 1. The van der Waals surface area contributed by atoms with Crippen LogP contribution in [0.3, 0.4) is 0 Å². The third-order valence-corrected chi connectivity index (χ3v) is 7.98. The summed E-state index contributed by atoms with van der Waals surface area (Å²) >= 11 is 1.10. The van der Waals surface area contributed by atoms with Gasteiger partial charge in [-0.25, -0.2) is 4.98 Å². The first-order valence-corrected chi connectivity index (χ1v) is 14.5. The molecule has 4 N–H and O–H groups in total. The second kappa shape index (κ2) is 12.4. The average Bonchev–Trinajstić information content (AvgIpc) is 3.41. The Hall–Kier alpha value is -4.73. The number of nitrogens with zero attached hydrogens (tertiary/aromatic N) is 4. The van der Waals surface area contributed by atoms with Gasteiger partial charge < -0.3 is 25.8 Å². The van der Waals surface area contributed by atoms with Crippen molar-refractivity contribution >= 4 is 45.1 Å². The third kappa shape index (κ3) is 5.83. The number of nitrogens with two attached hydrogens (primary N) is 1. The Morgan fingerprint density at radius 3 is 2.83 bits per heavy atom. The van der Waals surface area contributed by atoms with Gasteiger partial charge in [0, 0.05) is 30.9 Å². The summed E-state index contributed by atoms with van der Waals surface area (Å²) < 4.78 is 7.15. The highest BCUT2D eigenvalue weighted by molar-refractivity contribution is 7.17. The van der Waals surface area contributed by atoms with Crippen LogP contribution in [0.25, 0.3) is 10.2 Å². The van der Waals surface area contributed by atoms with Crippen molar-refractivity contribution in [3.63, 3.8) is 0 Å². The Morgan fingerprint density at radius 2 is 2.07 bits per heavy atom. The molecule has 1 aliphatic heterocycles. The van der Waals surface area contributed by atoms with Crippen molar-refractivity contribution in [3.05, 3.63) is 74.9 Å². The maximum absolute atomic E-state index is 13.9. The number of carbonyl (C=O) groups is 2. The SMILES string of the molecule is CCCC(=O)Oc1c(O)cccc1NC(=O)c1csc2c(=O)n(Cc3ccccc3C#N)c(N3CCC[C@@H](N)C3)nc12. The van der Waals surface area contributed by atoms with Crippen molar-refractivity contribution in [2.24, 2.45) is 5.73 Å². The lowest BCUT2D eigenvalue weighted by molar-refractivity contribution is -0.134. The van der Waals surface area contributed by atoms with Gasteiger partial charge in [0.15, 0.2) is 11.5 Å². The molecule has 4 aromatic rings. The number of phenols is 1. The van der Waals surface area contributed by atoms with E-state index < -0.39 is 11.9 Å². The van der Waals surface area contributed by atoms with E-state index in [1.165, 1.54) is 22.8 Å². The number of hydrogen-bond acceptors (Lipinski definition) is 10. The molecular formula is C30H30N6O5S. The Labute approximate surface area is 245 Å². The highest BCUT2D eigenvalue weighted by Gasteiger charge is 2.26. The number of carbonyl (C=O) groups excluding carboxylic acids is 2. The van der Waals surface area contributed by atoms with E-state index in [9.17, 15) is 24.8 Å². The van der Waals surface area contributed by atoms with Crippen LogP contribution in [0.2, 0.25) is 0 Å². The Morgan fingerprint density at radius 1 is 1.26 bits per heavy atom. The summed E-state index contributed by atoms with van der Waals surface area (Å²) in [6.07, 6.45) is 2.37. The first-order chi connectivity index (χ1) is 20.3. The first-order valence-electron chi connectivity index (χ1n) is 13.6. The topological polar surface area (TPSA) is 164 Å². The molecule has 0 bridgehead atoms. The fraction of sp³-hybridized carbons (Fsp3) is 0.300. The Bertz CT molecular complexity index is 1760. The van der Waals surface area contributed by atoms with E-state index in [0.29, 0.717) is 36.6 Å². The number of piperidine rings is 1. The molecule has 0 aliphatic carbocycles. The fourth-order valence-corrected chi connectivity index (χ4v) is 5.88. The summed E-state index contributed by atoms with van der Waals surface area (Å²) in [5.41, 5.74) is 7.56. The Kier molecular flexibility index (Phi) is 8.51. The van der Waals surface area contributed by atoms with Crippen molar-refractivity contribution in [3.8, 4) is 17.6 Å². The predicted octanol–water partition coefficient (Wildman–Crippen LogP) is 3.97. The molecule has 5 rings (SSSR count). The number of thiophene rings is 1. The van der Waals surface area contributed by atoms with Crippen LogP contribution in [0.15, 0.2) is 52.6 Å². The maximum atomic E-state index is 13.9. The maximum Gasteiger partial charge on any atom is 0.311 e. The smallest absolute Gasteiger partial charge is 0.311 e. The first kappa shape index (κ1) is 28.8. The number of benzene rings is 2. The van der Waals surface area contributed by atoms with Gasteiger partial charge in [-0.2, -0.15) is 5.26 Å². The molecule has 216 valence electrons. The largest absolute Gasteiger partial charge is 0.504 e. The lowest BCUT2D eigenvalue weighted by Gasteiger charge is -2.33. The minimum absolute atomic E-state index is 0.101. The number of amides is 1. The number of phenolic OH excluding ortho intramolecular Hbond substituents is 1. The normalized spacial score (nSPS) is 14.9. The van der Waals surface area contributed by atoms with Crippen molar-refractivity contribution in [1.29, 1.82) is 5.26 Å². The third-order valence-electron chi connectivity index (χ3n) is 7.02. The molecule has 1 saturated heterocycles. The molecule has 12 heteroatoms. The average molecular weight is 587 g/mol. The second-order valence-corrected chi connectivity index (χ2v) is 11.0. The van der Waals surface area contributed by atoms with Gasteiger partial charge in [-0.3, -0.25) is 19.0 Å². The van der Waals surface area contributed by atoms with Gasteiger partial charge in [0.1, 0.15) is 10.2 Å². The predicted molar refractivity (Wildman–Crippen MR) is 160 cm³/mol. The number of nitriles is 1. The molecule has 2 aromatic carbocycles. The van der Waals surface area contributed by atoms with Crippen molar-refractivity contribution in [2.45, 2.75) is 45.2 Å². The van der Waals surface area contributed by atoms with E-state index in [2.05, 4.69) is 11.4 Å². The van der Waals surface area contributed by atoms with E-state index in [0.717, 1.165) is 24.2 Å². The molecule has 1 atom stereocenters. The van der Waals surface area contributed by atoms with Crippen LogP contribution in [0.4, 0.5) is 11.6 Å². The number of anilines is 2. The molecule has 1 amide bonds. The van der Waals surface area contributed by atoms with Gasteiger partial charge in [-0.15, -0.1) is 11.3 Å². The van der Waals surface area contributed by atoms with Gasteiger partial charge in [-0.05, 0) is 43.0 Å². The van der Waals surface area contributed by atoms with Crippen LogP contribution in [-0.4, -0.2) is 45.7 Å². The summed E-state index contributed by atoms with van der Waals surface area (Å²) in [4.78, 5) is 46.4. The van der Waals surface area contributed by atoms with Crippen LogP contribution in [-0.2, 0) is 11.3 Å². The number of hydrogen-bond donors (Lipinski definition) is 3. The van der Waals surface area contributed by atoms with E-state index in [-0.39, 0.29) is 57.5 Å². The van der Waals surface area contributed by atoms with E-state index in [1.807, 2.05) is 17.9 Å². The standard InChI is InChI=1S/C30H30N6O5S/c1-2-7-24(38)41-26-22(11-5-12-23(26)37)33-28(39)21-17-42-27-25(21)34-30(35-13-6-10-20(32)16-35)36(29(27)40)15-19-9-4-3-8-18(19)14-31/h3-5,8-9,11-12,17,20,37H,2,6-7,10,13,15-16,32H2,1H3,(H,33,39)/t20-/m1/s1. The highest BCUT2D eigenvalue weighted by atomic mass is 32.1. The molecule has 42 heavy (non-hydrogen) atoms. The number of para-hydroxylation sites is 1. The lowest BCUT2D eigenvalue weighted by atomic mass is 10.1. The number of nitrogens with one attached hydrogen (secondary N) is 1. The van der Waals surface area contributed by atoms with Crippen LogP contribution in [0.5, 0.6) is 11.5 Å². The highest BCUT2D eigenvalue weighted by Crippen LogP contribution is 2.36. The molecule has 0 unspecified atom stereocenters. The summed E-state index contributed by atoms with van der Waals surface area (Å²) in [7, 11) is 0. The van der Waals surface area contributed by atoms with Crippen molar-refractivity contribution in [2.75, 3.05) is 23.3 Å². The zero-order chi connectivity index (χ0) is 29.8. The lowest BCUT2D eigenvalue weighted by Crippen LogP contribution is -2.45. The van der Waals surface area contributed by atoms with E-state index in [4.69, 9.17) is 15.5 Å². The number of ether oxygens (including phenoxy) is 1. The summed E-state index contributed by atoms with van der Waals surface area (Å²) in [5, 5.41) is 24.2. The van der Waals surface area contributed by atoms with E-state index in [1.54, 1.807) is 23.6 Å². The molecule has 2 aromatic heterocycles. The quantitative estimate of drug-likeness (QED) is 0.205. The molecule has 0 saturated carbocycles. The molecule has 0 radical (unpaired) electrons. The van der Waals surface area contributed by atoms with Gasteiger partial charge in [-0.1, -0.05) is 31.2 Å². The molecular weight excluding hydrogens is 556 g/mol. The van der Waals surface area contributed by atoms with Crippen LogP contribution in [0.1, 0.15) is 54.1 Å². The van der Waals surface area contributed by atoms with Gasteiger partial charge in [0.25, 0.3) is 11.5 Å². The number of aromatic nitrogens is 2. The van der Waals surface area contributed by atoms with Gasteiger partial charge in [0.05, 0.1) is 29.4 Å². The van der Waals surface area contributed by atoms with Gasteiger partial charge in [0.2, 0.25) is 5.95 Å². The second-order valence-electron chi connectivity index (χ2n) is 10.1. The number of rotatable bonds is 8. The zero-order valence-electron chi connectivity index (χ0n) is 23.0. The minimum Gasteiger partial charge on any atom is -0.504 e. The molecule has 1 fully saturated rings. The van der Waals surface area contributed by atoms with E-state index >= 15 is 0 Å². The number of fused-ring (bicyclic) bond motifs is 1. The van der Waals surface area contributed by atoms with Crippen molar-refractivity contribution < 1.29 is 19.4 Å². The number of esters is 1. The Balaban J connectivity index is 1.57. The summed E-state index contributed by atoms with van der Waals surface area (Å²) in [6.45, 7) is 3.07. The molecule has 0 spiro atoms. The fourth-order valence-electron chi connectivity index (χ4n) is 4.95. The molecule has 1 aliphatic rings. The van der Waals surface area contributed by atoms with Crippen LogP contribution < -0.4 is 26.2 Å². The van der Waals surface area contributed by atoms with Crippen molar-refractivity contribution in [1.82, 2.24) is 9.55 Å². The summed E-state index contributed by atoms with van der Waals surface area (Å²) in [5.74, 6) is -1.21. The molecule has 11 nitrogen and oxygen atoms in total. The van der Waals surface area contributed by atoms with Crippen LogP contribution in [0, 0.1) is 11.3 Å². The summed E-state index contributed by atoms with van der Waals surface area (Å²) in [6, 6.07) is 13.5. The molecule has 3 heterocycles. The monoisotopic (exact) mass is 586 g/mol. The minimum atomic E-state index is -0.583.